The molecule has 0 radical (unpaired) electrons. The van der Waals surface area contributed by atoms with Crippen LogP contribution in [0.5, 0.6) is 0 Å². The molecule has 1 heterocycles. The molecule has 1 amide bonds. The SMILES string of the molecule is CCCCOCCCN1C(=O)C(CC(C)C)NC1C(C)C. The van der Waals surface area contributed by atoms with Crippen LogP contribution in [0.1, 0.15) is 60.3 Å². The molecule has 0 spiro atoms. The number of ether oxygens (including phenoxy) is 1. The van der Waals surface area contributed by atoms with Crippen LogP contribution >= 0.6 is 0 Å². The lowest BCUT2D eigenvalue weighted by molar-refractivity contribution is -0.131. The van der Waals surface area contributed by atoms with Gasteiger partial charge in [0, 0.05) is 19.8 Å². The molecule has 1 saturated heterocycles. The van der Waals surface area contributed by atoms with E-state index in [0.29, 0.717) is 11.8 Å². The van der Waals surface area contributed by atoms with E-state index in [0.717, 1.165) is 39.0 Å². The summed E-state index contributed by atoms with van der Waals surface area (Å²) in [7, 11) is 0. The predicted octanol–water partition coefficient (Wildman–Crippen LogP) is 3.02. The molecule has 4 nitrogen and oxygen atoms in total. The van der Waals surface area contributed by atoms with Crippen molar-refractivity contribution < 1.29 is 9.53 Å². The highest BCUT2D eigenvalue weighted by Gasteiger charge is 2.39. The minimum atomic E-state index is -0.00147. The summed E-state index contributed by atoms with van der Waals surface area (Å²) in [5, 5.41) is 3.52. The fraction of sp³-hybridized carbons (Fsp3) is 0.941. The van der Waals surface area contributed by atoms with Gasteiger partial charge in [-0.2, -0.15) is 0 Å². The van der Waals surface area contributed by atoms with Gasteiger partial charge in [0.2, 0.25) is 5.91 Å². The quantitative estimate of drug-likeness (QED) is 0.630. The summed E-state index contributed by atoms with van der Waals surface area (Å²) in [6.07, 6.45) is 4.31. The average molecular weight is 298 g/mol. The number of nitrogens with one attached hydrogen (secondary N) is 1. The number of amides is 1. The number of rotatable bonds is 10. The maximum atomic E-state index is 12.5. The molecule has 0 aliphatic carbocycles. The van der Waals surface area contributed by atoms with E-state index in [2.05, 4.69) is 39.9 Å². The normalized spacial score (nSPS) is 22.8. The Labute approximate surface area is 130 Å². The highest BCUT2D eigenvalue weighted by molar-refractivity contribution is 5.84. The molecule has 124 valence electrons. The van der Waals surface area contributed by atoms with Gasteiger partial charge in [-0.1, -0.05) is 41.0 Å². The van der Waals surface area contributed by atoms with Gasteiger partial charge in [0.15, 0.2) is 0 Å². The van der Waals surface area contributed by atoms with E-state index in [1.54, 1.807) is 0 Å². The third kappa shape index (κ3) is 5.95. The molecule has 21 heavy (non-hydrogen) atoms. The van der Waals surface area contributed by atoms with Crippen LogP contribution in [0.15, 0.2) is 0 Å². The molecular formula is C17H34N2O2. The zero-order chi connectivity index (χ0) is 15.8. The Kier molecular flexibility index (Phi) is 8.27. The van der Waals surface area contributed by atoms with Crippen molar-refractivity contribution in [2.24, 2.45) is 11.8 Å². The second kappa shape index (κ2) is 9.42. The fourth-order valence-electron chi connectivity index (χ4n) is 2.83. The lowest BCUT2D eigenvalue weighted by Crippen LogP contribution is -2.42. The van der Waals surface area contributed by atoms with Crippen molar-refractivity contribution >= 4 is 5.91 Å². The van der Waals surface area contributed by atoms with Crippen molar-refractivity contribution in [2.75, 3.05) is 19.8 Å². The Morgan fingerprint density at radius 1 is 1.19 bits per heavy atom. The summed E-state index contributed by atoms with van der Waals surface area (Å²) < 4.78 is 5.60. The Morgan fingerprint density at radius 3 is 2.43 bits per heavy atom. The van der Waals surface area contributed by atoms with Gasteiger partial charge in [0.05, 0.1) is 12.2 Å². The molecule has 0 bridgehead atoms. The van der Waals surface area contributed by atoms with Gasteiger partial charge in [0.25, 0.3) is 0 Å². The van der Waals surface area contributed by atoms with Crippen LogP contribution in [-0.2, 0) is 9.53 Å². The molecule has 0 saturated carbocycles. The topological polar surface area (TPSA) is 41.6 Å². The first-order valence-electron chi connectivity index (χ1n) is 8.61. The van der Waals surface area contributed by atoms with Gasteiger partial charge >= 0.3 is 0 Å². The number of carbonyl (C=O) groups excluding carboxylic acids is 1. The second-order valence-electron chi connectivity index (χ2n) is 6.89. The van der Waals surface area contributed by atoms with Crippen LogP contribution in [-0.4, -0.2) is 42.8 Å². The van der Waals surface area contributed by atoms with Crippen molar-refractivity contribution in [1.82, 2.24) is 10.2 Å². The van der Waals surface area contributed by atoms with Crippen LogP contribution < -0.4 is 5.32 Å². The lowest BCUT2D eigenvalue weighted by Gasteiger charge is -2.27. The minimum absolute atomic E-state index is 0.00147. The third-order valence-electron chi connectivity index (χ3n) is 3.96. The molecule has 0 aromatic carbocycles. The van der Waals surface area contributed by atoms with Gasteiger partial charge in [-0.15, -0.1) is 0 Å². The molecule has 0 aromatic rings. The Bertz CT molecular complexity index is 305. The van der Waals surface area contributed by atoms with Gasteiger partial charge in [-0.05, 0) is 31.1 Å². The Balaban J connectivity index is 2.43. The largest absolute Gasteiger partial charge is 0.381 e. The van der Waals surface area contributed by atoms with E-state index < -0.39 is 0 Å². The summed E-state index contributed by atoms with van der Waals surface area (Å²) in [6.45, 7) is 13.2. The van der Waals surface area contributed by atoms with Crippen molar-refractivity contribution in [2.45, 2.75) is 72.5 Å². The molecule has 2 unspecified atom stereocenters. The maximum Gasteiger partial charge on any atom is 0.241 e. The molecule has 1 fully saturated rings. The fourth-order valence-corrected chi connectivity index (χ4v) is 2.83. The molecule has 1 N–H and O–H groups in total. The van der Waals surface area contributed by atoms with E-state index in [9.17, 15) is 4.79 Å². The van der Waals surface area contributed by atoms with Crippen molar-refractivity contribution in [3.05, 3.63) is 0 Å². The second-order valence-corrected chi connectivity index (χ2v) is 6.89. The zero-order valence-corrected chi connectivity index (χ0v) is 14.5. The van der Waals surface area contributed by atoms with Crippen molar-refractivity contribution in [1.29, 1.82) is 0 Å². The first-order chi connectivity index (χ1) is 9.97. The summed E-state index contributed by atoms with van der Waals surface area (Å²) in [5.74, 6) is 1.25. The standard InChI is InChI=1S/C17H34N2O2/c1-6-7-10-21-11-8-9-19-16(14(4)5)18-15(17(19)20)12-13(2)3/h13-16,18H,6-12H2,1-5H3. The average Bonchev–Trinajstić information content (AvgIpc) is 2.71. The van der Waals surface area contributed by atoms with Crippen LogP contribution in [0.3, 0.4) is 0 Å². The lowest BCUT2D eigenvalue weighted by atomic mass is 10.0. The van der Waals surface area contributed by atoms with E-state index >= 15 is 0 Å². The summed E-state index contributed by atoms with van der Waals surface area (Å²) in [6, 6.07) is -0.00147. The van der Waals surface area contributed by atoms with E-state index in [1.807, 2.05) is 4.90 Å². The van der Waals surface area contributed by atoms with Gasteiger partial charge in [-0.3, -0.25) is 10.1 Å². The summed E-state index contributed by atoms with van der Waals surface area (Å²) in [5.41, 5.74) is 0. The molecule has 1 aliphatic rings. The van der Waals surface area contributed by atoms with Crippen molar-refractivity contribution in [3.8, 4) is 0 Å². The third-order valence-corrected chi connectivity index (χ3v) is 3.96. The Hall–Kier alpha value is -0.610. The Morgan fingerprint density at radius 2 is 1.86 bits per heavy atom. The van der Waals surface area contributed by atoms with Crippen LogP contribution in [0.2, 0.25) is 0 Å². The number of nitrogens with zero attached hydrogens (tertiary/aromatic N) is 1. The summed E-state index contributed by atoms with van der Waals surface area (Å²) >= 11 is 0. The molecular weight excluding hydrogens is 264 g/mol. The molecule has 1 aliphatic heterocycles. The minimum Gasteiger partial charge on any atom is -0.381 e. The molecule has 4 heteroatoms. The van der Waals surface area contributed by atoms with Crippen LogP contribution in [0.4, 0.5) is 0 Å². The number of unbranched alkanes of at least 4 members (excludes halogenated alkanes) is 1. The van der Waals surface area contributed by atoms with E-state index in [4.69, 9.17) is 4.74 Å². The van der Waals surface area contributed by atoms with Gasteiger partial charge < -0.3 is 9.64 Å². The molecule has 2 atom stereocenters. The number of carbonyl (C=O) groups is 1. The monoisotopic (exact) mass is 298 g/mol. The smallest absolute Gasteiger partial charge is 0.241 e. The zero-order valence-electron chi connectivity index (χ0n) is 14.5. The van der Waals surface area contributed by atoms with E-state index in [-0.39, 0.29) is 18.1 Å². The van der Waals surface area contributed by atoms with Gasteiger partial charge in [-0.25, -0.2) is 0 Å². The van der Waals surface area contributed by atoms with Crippen LogP contribution in [0.25, 0.3) is 0 Å². The first kappa shape index (κ1) is 18.4. The highest BCUT2D eigenvalue weighted by Crippen LogP contribution is 2.21. The first-order valence-corrected chi connectivity index (χ1v) is 8.61. The molecule has 0 aromatic heterocycles. The van der Waals surface area contributed by atoms with Gasteiger partial charge in [0.1, 0.15) is 0 Å². The summed E-state index contributed by atoms with van der Waals surface area (Å²) in [4.78, 5) is 14.6. The number of hydrogen-bond acceptors (Lipinski definition) is 3. The van der Waals surface area contributed by atoms with E-state index in [1.165, 1.54) is 6.42 Å². The highest BCUT2D eigenvalue weighted by atomic mass is 16.5. The van der Waals surface area contributed by atoms with Crippen molar-refractivity contribution in [3.63, 3.8) is 0 Å². The maximum absolute atomic E-state index is 12.5. The predicted molar refractivity (Wildman–Crippen MR) is 87.1 cm³/mol. The molecule has 1 rings (SSSR count). The van der Waals surface area contributed by atoms with Crippen LogP contribution in [0, 0.1) is 11.8 Å². The number of hydrogen-bond donors (Lipinski definition) is 1.